The Bertz CT molecular complexity index is 963. The van der Waals surface area contributed by atoms with E-state index >= 15 is 0 Å². The third-order valence-corrected chi connectivity index (χ3v) is 5.11. The van der Waals surface area contributed by atoms with Gasteiger partial charge in [-0.2, -0.15) is 0 Å². The number of hydrogen-bond donors (Lipinski definition) is 1. The van der Waals surface area contributed by atoms with Crippen LogP contribution in [-0.4, -0.2) is 29.8 Å². The number of aliphatic hydroxyl groups is 1. The fourth-order valence-corrected chi connectivity index (χ4v) is 3.64. The molecule has 2 aromatic carbocycles. The van der Waals surface area contributed by atoms with Crippen LogP contribution in [0.1, 0.15) is 12.5 Å². The second-order valence-electron chi connectivity index (χ2n) is 5.72. The van der Waals surface area contributed by atoms with Gasteiger partial charge in [0.25, 0.3) is 0 Å². The molecule has 0 radical (unpaired) electrons. The van der Waals surface area contributed by atoms with E-state index in [-0.39, 0.29) is 17.9 Å². The summed E-state index contributed by atoms with van der Waals surface area (Å²) in [7, 11) is 1.58. The van der Waals surface area contributed by atoms with Crippen LogP contribution < -0.4 is 4.74 Å². The Morgan fingerprint density at radius 2 is 1.86 bits per heavy atom. The van der Waals surface area contributed by atoms with Crippen LogP contribution >= 0.6 is 23.4 Å². The van der Waals surface area contributed by atoms with Gasteiger partial charge < -0.3 is 14.6 Å². The maximum Gasteiger partial charge on any atom is 0.344 e. The van der Waals surface area contributed by atoms with Gasteiger partial charge in [-0.05, 0) is 55.0 Å². The fourth-order valence-electron chi connectivity index (χ4n) is 2.48. The molecule has 1 aliphatic rings. The smallest absolute Gasteiger partial charge is 0.344 e. The fraction of sp³-hybridized carbons (Fsp3) is 0.143. The lowest BCUT2D eigenvalue weighted by atomic mass is 10.1. The molecule has 28 heavy (non-hydrogen) atoms. The minimum atomic E-state index is -0.612. The average molecular weight is 416 g/mol. The van der Waals surface area contributed by atoms with Gasteiger partial charge in [0.05, 0.1) is 24.3 Å². The molecule has 7 heteroatoms. The predicted octanol–water partition coefficient (Wildman–Crippen LogP) is 5.54. The van der Waals surface area contributed by atoms with Crippen LogP contribution in [0.2, 0.25) is 5.02 Å². The van der Waals surface area contributed by atoms with Gasteiger partial charge in [-0.25, -0.2) is 9.79 Å². The van der Waals surface area contributed by atoms with Crippen molar-refractivity contribution in [3.05, 3.63) is 75.4 Å². The first-order valence-electron chi connectivity index (χ1n) is 8.50. The minimum absolute atomic E-state index is 0.0582. The topological polar surface area (TPSA) is 68.1 Å². The number of thioether (sulfide) groups is 1. The van der Waals surface area contributed by atoms with Crippen molar-refractivity contribution in [1.82, 2.24) is 0 Å². The average Bonchev–Trinajstić information content (AvgIpc) is 2.99. The van der Waals surface area contributed by atoms with Crippen molar-refractivity contribution in [2.45, 2.75) is 6.92 Å². The first-order valence-corrected chi connectivity index (χ1v) is 9.70. The number of hydrogen-bond acceptors (Lipinski definition) is 6. The number of aliphatic hydroxyl groups excluding tert-OH is 1. The zero-order valence-electron chi connectivity index (χ0n) is 15.3. The largest absolute Gasteiger partial charge is 0.506 e. The van der Waals surface area contributed by atoms with Crippen molar-refractivity contribution in [1.29, 1.82) is 0 Å². The number of nitrogens with zero attached hydrogens (tertiary/aromatic N) is 1. The molecule has 0 amide bonds. The van der Waals surface area contributed by atoms with Gasteiger partial charge in [-0.3, -0.25) is 0 Å². The molecule has 3 rings (SSSR count). The van der Waals surface area contributed by atoms with E-state index in [0.717, 1.165) is 5.56 Å². The van der Waals surface area contributed by atoms with Crippen LogP contribution in [0.25, 0.3) is 6.08 Å². The molecule has 1 aliphatic heterocycles. The van der Waals surface area contributed by atoms with Crippen LogP contribution in [0, 0.1) is 0 Å². The molecule has 1 N–H and O–H groups in total. The summed E-state index contributed by atoms with van der Waals surface area (Å²) in [4.78, 5) is 17.4. The van der Waals surface area contributed by atoms with Gasteiger partial charge in [0.1, 0.15) is 22.1 Å². The van der Waals surface area contributed by atoms with E-state index in [1.54, 1.807) is 56.5 Å². The number of aliphatic imine (C=N–C) groups is 1. The molecule has 0 saturated heterocycles. The van der Waals surface area contributed by atoms with Crippen molar-refractivity contribution in [3.63, 3.8) is 0 Å². The normalized spacial score (nSPS) is 16.7. The van der Waals surface area contributed by atoms with Crippen LogP contribution in [0.5, 0.6) is 5.75 Å². The highest BCUT2D eigenvalue weighted by Crippen LogP contribution is 2.40. The number of benzene rings is 2. The summed E-state index contributed by atoms with van der Waals surface area (Å²) < 4.78 is 10.2. The summed E-state index contributed by atoms with van der Waals surface area (Å²) in [5.74, 6) is -0.0553. The quantitative estimate of drug-likeness (QED) is 0.649. The molecule has 0 spiro atoms. The van der Waals surface area contributed by atoms with Crippen molar-refractivity contribution in [2.75, 3.05) is 13.7 Å². The number of carbonyl (C=O) groups excluding carboxylic acids is 1. The molecule has 0 fully saturated rings. The molecule has 2 aromatic rings. The van der Waals surface area contributed by atoms with Gasteiger partial charge in [-0.1, -0.05) is 35.5 Å². The van der Waals surface area contributed by atoms with E-state index in [1.807, 2.05) is 12.1 Å². The number of halogens is 1. The highest BCUT2D eigenvalue weighted by Gasteiger charge is 2.33. The first kappa shape index (κ1) is 20.0. The number of rotatable bonds is 5. The SMILES string of the molecule is CCOC(=O)C1=C(O)/C(=C/c2ccc(Cl)cc2)SC1=Nc1ccc(OC)cc1. The molecule has 0 aromatic heterocycles. The second kappa shape index (κ2) is 8.99. The summed E-state index contributed by atoms with van der Waals surface area (Å²) >= 11 is 7.12. The molecule has 5 nitrogen and oxygen atoms in total. The lowest BCUT2D eigenvalue weighted by molar-refractivity contribution is -0.138. The summed E-state index contributed by atoms with van der Waals surface area (Å²) in [6.45, 7) is 1.91. The number of esters is 1. The Kier molecular flexibility index (Phi) is 6.44. The van der Waals surface area contributed by atoms with Crippen LogP contribution in [0.15, 0.2) is 69.8 Å². The Balaban J connectivity index is 2.00. The van der Waals surface area contributed by atoms with E-state index in [4.69, 9.17) is 21.1 Å². The van der Waals surface area contributed by atoms with E-state index in [0.29, 0.717) is 26.4 Å². The predicted molar refractivity (Wildman–Crippen MR) is 113 cm³/mol. The second-order valence-corrected chi connectivity index (χ2v) is 7.19. The Morgan fingerprint density at radius 1 is 1.18 bits per heavy atom. The summed E-state index contributed by atoms with van der Waals surface area (Å²) in [6, 6.07) is 14.3. The Labute approximate surface area is 172 Å². The Hall–Kier alpha value is -2.70. The third-order valence-electron chi connectivity index (χ3n) is 3.84. The molecule has 0 aliphatic carbocycles. The van der Waals surface area contributed by atoms with E-state index in [9.17, 15) is 9.90 Å². The first-order chi connectivity index (χ1) is 13.5. The summed E-state index contributed by atoms with van der Waals surface area (Å²) in [5, 5.41) is 11.7. The van der Waals surface area contributed by atoms with Gasteiger partial charge in [0, 0.05) is 5.02 Å². The number of methoxy groups -OCH3 is 1. The van der Waals surface area contributed by atoms with Crippen molar-refractivity contribution < 1.29 is 19.4 Å². The lowest BCUT2D eigenvalue weighted by Gasteiger charge is -2.04. The molecule has 0 unspecified atom stereocenters. The highest BCUT2D eigenvalue weighted by molar-refractivity contribution is 8.18. The lowest BCUT2D eigenvalue weighted by Crippen LogP contribution is -2.12. The van der Waals surface area contributed by atoms with E-state index in [2.05, 4.69) is 4.99 Å². The van der Waals surface area contributed by atoms with E-state index in [1.165, 1.54) is 11.8 Å². The maximum atomic E-state index is 12.4. The maximum absolute atomic E-state index is 12.4. The molecule has 144 valence electrons. The van der Waals surface area contributed by atoms with Gasteiger partial charge in [0.2, 0.25) is 0 Å². The molecule has 0 saturated carbocycles. The third kappa shape index (κ3) is 4.58. The summed E-state index contributed by atoms with van der Waals surface area (Å²) in [5.41, 5.74) is 1.53. The van der Waals surface area contributed by atoms with Gasteiger partial charge in [-0.15, -0.1) is 0 Å². The van der Waals surface area contributed by atoms with Crippen molar-refractivity contribution >= 4 is 46.1 Å². The minimum Gasteiger partial charge on any atom is -0.506 e. The molecular weight excluding hydrogens is 398 g/mol. The van der Waals surface area contributed by atoms with Crippen LogP contribution in [0.3, 0.4) is 0 Å². The molecule has 0 bridgehead atoms. The molecule has 0 atom stereocenters. The number of carbonyl (C=O) groups is 1. The number of ether oxygens (including phenoxy) is 2. The molecular formula is C21H18ClNO4S. The van der Waals surface area contributed by atoms with Crippen molar-refractivity contribution in [2.24, 2.45) is 4.99 Å². The van der Waals surface area contributed by atoms with Gasteiger partial charge >= 0.3 is 5.97 Å². The summed E-state index contributed by atoms with van der Waals surface area (Å²) in [6.07, 6.45) is 1.77. The van der Waals surface area contributed by atoms with Crippen LogP contribution in [-0.2, 0) is 9.53 Å². The van der Waals surface area contributed by atoms with Gasteiger partial charge in [0.15, 0.2) is 0 Å². The Morgan fingerprint density at radius 3 is 2.46 bits per heavy atom. The standard InChI is InChI=1S/C21H18ClNO4S/c1-3-27-21(25)18-19(24)17(12-13-4-6-14(22)7-5-13)28-20(18)23-15-8-10-16(26-2)11-9-15/h4-12,24H,3H2,1-2H3/b17-12-,23-20?. The van der Waals surface area contributed by atoms with Crippen molar-refractivity contribution in [3.8, 4) is 5.75 Å². The monoisotopic (exact) mass is 415 g/mol. The highest BCUT2D eigenvalue weighted by atomic mass is 35.5. The molecule has 1 heterocycles. The zero-order valence-corrected chi connectivity index (χ0v) is 16.9. The van der Waals surface area contributed by atoms with Crippen LogP contribution in [0.4, 0.5) is 5.69 Å². The van der Waals surface area contributed by atoms with E-state index < -0.39 is 5.97 Å². The zero-order chi connectivity index (χ0) is 20.1.